The van der Waals surface area contributed by atoms with Crippen LogP contribution in [0.2, 0.25) is 0 Å². The second-order valence-electron chi connectivity index (χ2n) is 6.72. The lowest BCUT2D eigenvalue weighted by atomic mass is 10.0. The number of hydrogen-bond donors (Lipinski definition) is 3. The maximum atomic E-state index is 11.9. The highest BCUT2D eigenvalue weighted by Crippen LogP contribution is 2.12. The number of guanidine groups is 1. The number of likely N-dealkylation sites (N-methyl/N-ethyl adjacent to an activating group) is 1. The van der Waals surface area contributed by atoms with Crippen molar-refractivity contribution in [3.8, 4) is 0 Å². The molecule has 0 heterocycles. The average molecular weight is 359 g/mol. The zero-order chi connectivity index (χ0) is 19.9. The number of carbonyl (C=O) groups excluding carboxylic acids is 2. The normalized spacial score (nSPS) is 13.4. The number of esters is 1. The van der Waals surface area contributed by atoms with Gasteiger partial charge in [-0.25, -0.2) is 9.59 Å². The van der Waals surface area contributed by atoms with Crippen molar-refractivity contribution in [2.24, 2.45) is 17.8 Å². The number of carboxylic acids is 1. The van der Waals surface area contributed by atoms with Crippen LogP contribution in [0.4, 0.5) is 4.79 Å². The highest BCUT2D eigenvalue weighted by molar-refractivity contribution is 5.94. The van der Waals surface area contributed by atoms with E-state index in [0.717, 1.165) is 4.90 Å². The summed E-state index contributed by atoms with van der Waals surface area (Å²) >= 11 is 0. The summed E-state index contributed by atoms with van der Waals surface area (Å²) in [6.45, 7) is 10.1. The van der Waals surface area contributed by atoms with Gasteiger partial charge in [-0.3, -0.25) is 15.5 Å². The van der Waals surface area contributed by atoms with Gasteiger partial charge in [0.2, 0.25) is 5.96 Å². The largest absolute Gasteiger partial charge is 0.480 e. The van der Waals surface area contributed by atoms with E-state index in [9.17, 15) is 19.5 Å². The van der Waals surface area contributed by atoms with Gasteiger partial charge in [-0.1, -0.05) is 41.5 Å². The molecule has 144 valence electrons. The van der Waals surface area contributed by atoms with Gasteiger partial charge in [-0.2, -0.15) is 0 Å². The highest BCUT2D eigenvalue weighted by atomic mass is 16.7. The molecular weight excluding hydrogens is 330 g/mol. The Morgan fingerprint density at radius 1 is 1.00 bits per heavy atom. The quantitative estimate of drug-likeness (QED) is 0.274. The summed E-state index contributed by atoms with van der Waals surface area (Å²) in [6.07, 6.45) is -2.10. The lowest BCUT2D eigenvalue weighted by Crippen LogP contribution is -2.52. The number of nitrogens with zero attached hydrogens (tertiary/aromatic N) is 1. The maximum absolute atomic E-state index is 11.9. The zero-order valence-corrected chi connectivity index (χ0v) is 15.8. The molecule has 25 heavy (non-hydrogen) atoms. The van der Waals surface area contributed by atoms with Crippen LogP contribution < -0.4 is 5.32 Å². The number of rotatable bonds is 7. The second-order valence-corrected chi connectivity index (χ2v) is 6.72. The van der Waals surface area contributed by atoms with Crippen molar-refractivity contribution in [1.29, 1.82) is 5.41 Å². The lowest BCUT2D eigenvalue weighted by molar-refractivity contribution is -0.178. The minimum Gasteiger partial charge on any atom is -0.480 e. The van der Waals surface area contributed by atoms with E-state index in [1.54, 1.807) is 41.5 Å². The van der Waals surface area contributed by atoms with Crippen molar-refractivity contribution in [2.75, 3.05) is 7.05 Å². The van der Waals surface area contributed by atoms with Gasteiger partial charge in [0, 0.05) is 13.0 Å². The van der Waals surface area contributed by atoms with Crippen LogP contribution in [0.5, 0.6) is 0 Å². The van der Waals surface area contributed by atoms with Crippen LogP contribution in [0.1, 0.15) is 41.5 Å². The van der Waals surface area contributed by atoms with E-state index in [1.165, 1.54) is 7.05 Å². The molecule has 0 aliphatic carbocycles. The summed E-state index contributed by atoms with van der Waals surface area (Å²) in [7, 11) is 1.39. The van der Waals surface area contributed by atoms with E-state index >= 15 is 0 Å². The topological polar surface area (TPSA) is 129 Å². The van der Waals surface area contributed by atoms with Crippen LogP contribution in [-0.4, -0.2) is 53.4 Å². The van der Waals surface area contributed by atoms with Crippen LogP contribution in [-0.2, 0) is 19.1 Å². The molecule has 0 spiro atoms. The summed E-state index contributed by atoms with van der Waals surface area (Å²) in [5, 5.41) is 19.2. The number of ether oxygens (including phenoxy) is 2. The van der Waals surface area contributed by atoms with E-state index in [-0.39, 0.29) is 17.8 Å². The predicted octanol–water partition coefficient (Wildman–Crippen LogP) is 1.87. The highest BCUT2D eigenvalue weighted by Gasteiger charge is 2.30. The molecule has 1 amide bonds. The Kier molecular flexibility index (Phi) is 8.94. The van der Waals surface area contributed by atoms with Gasteiger partial charge in [0.15, 0.2) is 0 Å². The maximum Gasteiger partial charge on any atom is 0.417 e. The number of hydrogen-bond acceptors (Lipinski definition) is 6. The van der Waals surface area contributed by atoms with Crippen LogP contribution >= 0.6 is 0 Å². The third-order valence-corrected chi connectivity index (χ3v) is 3.35. The van der Waals surface area contributed by atoms with Gasteiger partial charge in [0.1, 0.15) is 6.04 Å². The van der Waals surface area contributed by atoms with E-state index in [1.807, 2.05) is 0 Å². The summed E-state index contributed by atoms with van der Waals surface area (Å²) in [5.74, 6) is -2.99. The smallest absolute Gasteiger partial charge is 0.417 e. The van der Waals surface area contributed by atoms with Gasteiger partial charge in [0.25, 0.3) is 6.29 Å². The molecule has 0 aromatic heterocycles. The third-order valence-electron chi connectivity index (χ3n) is 3.35. The Labute approximate surface area is 148 Å². The van der Waals surface area contributed by atoms with Crippen molar-refractivity contribution < 1.29 is 29.0 Å². The molecule has 0 aliphatic rings. The summed E-state index contributed by atoms with van der Waals surface area (Å²) in [4.78, 5) is 36.0. The van der Waals surface area contributed by atoms with Crippen molar-refractivity contribution >= 4 is 24.0 Å². The fourth-order valence-electron chi connectivity index (χ4n) is 1.90. The first-order chi connectivity index (χ1) is 11.4. The minimum atomic E-state index is -1.11. The molecular formula is C16H29N3O6. The number of carboxylic acid groups (broad SMARTS) is 1. The molecule has 2 atom stereocenters. The second kappa shape index (κ2) is 9.85. The molecule has 0 fully saturated rings. The van der Waals surface area contributed by atoms with Gasteiger partial charge in [0.05, 0.1) is 5.92 Å². The number of aliphatic carboxylic acids is 1. The Bertz CT molecular complexity index is 504. The number of carbonyl (C=O) groups is 3. The molecule has 9 nitrogen and oxygen atoms in total. The Morgan fingerprint density at radius 2 is 1.52 bits per heavy atom. The zero-order valence-electron chi connectivity index (χ0n) is 15.8. The Morgan fingerprint density at radius 3 is 1.88 bits per heavy atom. The molecule has 0 rings (SSSR count). The molecule has 0 bridgehead atoms. The number of nitrogens with one attached hydrogen (secondary N) is 2. The lowest BCUT2D eigenvalue weighted by Gasteiger charge is -2.29. The van der Waals surface area contributed by atoms with Crippen LogP contribution in [0.25, 0.3) is 0 Å². The van der Waals surface area contributed by atoms with E-state index < -0.39 is 36.3 Å². The van der Waals surface area contributed by atoms with Gasteiger partial charge in [-0.05, 0) is 5.92 Å². The Hall–Kier alpha value is -2.32. The van der Waals surface area contributed by atoms with E-state index in [0.29, 0.717) is 0 Å². The molecule has 0 aromatic rings. The molecule has 0 saturated carbocycles. The first-order valence-corrected chi connectivity index (χ1v) is 8.10. The molecule has 0 radical (unpaired) electrons. The van der Waals surface area contributed by atoms with Crippen molar-refractivity contribution in [2.45, 2.75) is 53.9 Å². The Balaban J connectivity index is 4.87. The molecule has 0 aromatic carbocycles. The fourth-order valence-corrected chi connectivity index (χ4v) is 1.90. The summed E-state index contributed by atoms with van der Waals surface area (Å²) in [6, 6.07) is -0.979. The SMILES string of the molecule is CC(C)C(=O)OC(OC(=O)NC(=N)N(C)C(C(=O)O)C(C)C)C(C)C. The molecule has 2 unspecified atom stereocenters. The average Bonchev–Trinajstić information content (AvgIpc) is 2.44. The van der Waals surface area contributed by atoms with Crippen molar-refractivity contribution in [3.63, 3.8) is 0 Å². The van der Waals surface area contributed by atoms with E-state index in [4.69, 9.17) is 14.9 Å². The monoisotopic (exact) mass is 359 g/mol. The van der Waals surface area contributed by atoms with Crippen LogP contribution in [0.15, 0.2) is 0 Å². The van der Waals surface area contributed by atoms with Crippen LogP contribution in [0, 0.1) is 23.2 Å². The van der Waals surface area contributed by atoms with Crippen molar-refractivity contribution in [1.82, 2.24) is 10.2 Å². The predicted molar refractivity (Wildman–Crippen MR) is 90.9 cm³/mol. The number of amides is 1. The standard InChI is InChI=1S/C16H29N3O6/c1-8(2)11(12(20)21)19(7)15(17)18-16(23)25-14(10(5)6)24-13(22)9(3)4/h8-11,14H,1-7H3,(H,20,21)(H2,17,18,23). The summed E-state index contributed by atoms with van der Waals surface area (Å²) < 4.78 is 10.2. The van der Waals surface area contributed by atoms with E-state index in [2.05, 4.69) is 5.32 Å². The third kappa shape index (κ3) is 7.40. The molecule has 0 aliphatic heterocycles. The van der Waals surface area contributed by atoms with Crippen molar-refractivity contribution in [3.05, 3.63) is 0 Å². The first-order valence-electron chi connectivity index (χ1n) is 8.10. The molecule has 0 saturated heterocycles. The molecule has 3 N–H and O–H groups in total. The number of alkyl carbamates (subject to hydrolysis) is 1. The fraction of sp³-hybridized carbons (Fsp3) is 0.750. The van der Waals surface area contributed by atoms with Gasteiger partial charge < -0.3 is 19.5 Å². The first kappa shape index (κ1) is 22.7. The minimum absolute atomic E-state index is 0.281. The van der Waals surface area contributed by atoms with Gasteiger partial charge in [-0.15, -0.1) is 0 Å². The van der Waals surface area contributed by atoms with Crippen LogP contribution in [0.3, 0.4) is 0 Å². The van der Waals surface area contributed by atoms with Gasteiger partial charge >= 0.3 is 18.0 Å². The summed E-state index contributed by atoms with van der Waals surface area (Å²) in [5.41, 5.74) is 0. The molecule has 9 heteroatoms.